The van der Waals surface area contributed by atoms with Crippen molar-refractivity contribution in [3.8, 4) is 0 Å². The van der Waals surface area contributed by atoms with Gasteiger partial charge in [-0.1, -0.05) is 0 Å². The Morgan fingerprint density at radius 3 is 3.15 bits per heavy atom. The molecule has 0 aromatic carbocycles. The van der Waals surface area contributed by atoms with Crippen LogP contribution in [0.1, 0.15) is 32.4 Å². The fourth-order valence-electron chi connectivity index (χ4n) is 2.95. The van der Waals surface area contributed by atoms with Crippen LogP contribution in [0, 0.1) is 12.8 Å². The van der Waals surface area contributed by atoms with Crippen molar-refractivity contribution in [2.45, 2.75) is 39.2 Å². The lowest BCUT2D eigenvalue weighted by atomic mass is 9.88. The zero-order valence-corrected chi connectivity index (χ0v) is 12.4. The van der Waals surface area contributed by atoms with Crippen LogP contribution in [0.3, 0.4) is 0 Å². The van der Waals surface area contributed by atoms with E-state index in [1.807, 2.05) is 17.6 Å². The minimum absolute atomic E-state index is 0.00274. The van der Waals surface area contributed by atoms with E-state index in [9.17, 15) is 0 Å². The summed E-state index contributed by atoms with van der Waals surface area (Å²) in [4.78, 5) is 4.44. The number of hydrogen-bond acceptors (Lipinski definition) is 4. The van der Waals surface area contributed by atoms with Crippen LogP contribution in [0.2, 0.25) is 0 Å². The van der Waals surface area contributed by atoms with Gasteiger partial charge in [-0.2, -0.15) is 5.10 Å². The molecular formula is C15H22N4O. The Morgan fingerprint density at radius 1 is 1.50 bits per heavy atom. The number of ether oxygens (including phenoxy) is 1. The van der Waals surface area contributed by atoms with E-state index in [0.717, 1.165) is 43.0 Å². The van der Waals surface area contributed by atoms with Crippen LogP contribution >= 0.6 is 0 Å². The smallest absolute Gasteiger partial charge is 0.152 e. The van der Waals surface area contributed by atoms with E-state index in [-0.39, 0.29) is 5.60 Å². The number of aromatic nitrogens is 3. The third kappa shape index (κ3) is 2.77. The number of fused-ring (bicyclic) bond motifs is 1. The van der Waals surface area contributed by atoms with Gasteiger partial charge in [0, 0.05) is 25.5 Å². The lowest BCUT2D eigenvalue weighted by molar-refractivity contribution is -0.0699. The Hall–Kier alpha value is -1.62. The molecule has 0 radical (unpaired) electrons. The minimum atomic E-state index is -0.00274. The normalized spacial score (nSPS) is 22.1. The Labute approximate surface area is 119 Å². The Kier molecular flexibility index (Phi) is 3.38. The van der Waals surface area contributed by atoms with E-state index < -0.39 is 0 Å². The molecule has 1 fully saturated rings. The molecule has 2 aromatic heterocycles. The summed E-state index contributed by atoms with van der Waals surface area (Å²) < 4.78 is 7.64. The quantitative estimate of drug-likeness (QED) is 0.935. The second-order valence-corrected chi connectivity index (χ2v) is 6.24. The zero-order chi connectivity index (χ0) is 14.2. The Morgan fingerprint density at radius 2 is 2.35 bits per heavy atom. The molecule has 3 rings (SSSR count). The molecule has 0 amide bonds. The van der Waals surface area contributed by atoms with Crippen molar-refractivity contribution in [3.05, 3.63) is 24.2 Å². The molecule has 20 heavy (non-hydrogen) atoms. The van der Waals surface area contributed by atoms with Gasteiger partial charge in [-0.25, -0.2) is 9.50 Å². The van der Waals surface area contributed by atoms with Crippen molar-refractivity contribution >= 4 is 11.3 Å². The van der Waals surface area contributed by atoms with Gasteiger partial charge in [0.15, 0.2) is 5.82 Å². The first-order valence-corrected chi connectivity index (χ1v) is 7.22. The molecule has 108 valence electrons. The Balaban J connectivity index is 1.71. The summed E-state index contributed by atoms with van der Waals surface area (Å²) in [5.74, 6) is 1.54. The molecule has 1 aliphatic rings. The van der Waals surface area contributed by atoms with Crippen molar-refractivity contribution in [1.82, 2.24) is 14.6 Å². The van der Waals surface area contributed by atoms with Gasteiger partial charge in [0.05, 0.1) is 11.3 Å². The highest BCUT2D eigenvalue weighted by Crippen LogP contribution is 2.28. The third-order valence-electron chi connectivity index (χ3n) is 3.87. The van der Waals surface area contributed by atoms with Crippen LogP contribution in [-0.4, -0.2) is 33.4 Å². The molecule has 0 bridgehead atoms. The molecule has 5 nitrogen and oxygen atoms in total. The van der Waals surface area contributed by atoms with Gasteiger partial charge in [0.25, 0.3) is 0 Å². The van der Waals surface area contributed by atoms with Crippen LogP contribution < -0.4 is 5.32 Å². The summed E-state index contributed by atoms with van der Waals surface area (Å²) in [7, 11) is 0. The van der Waals surface area contributed by atoms with Gasteiger partial charge in [0.1, 0.15) is 5.52 Å². The lowest BCUT2D eigenvalue weighted by Crippen LogP contribution is -2.36. The molecule has 3 heterocycles. The van der Waals surface area contributed by atoms with Gasteiger partial charge in [0.2, 0.25) is 0 Å². The summed E-state index contributed by atoms with van der Waals surface area (Å²) in [6.45, 7) is 8.11. The molecule has 1 N–H and O–H groups in total. The SMILES string of the molecule is Cc1cc2c(NC[C@H]3CCOC(C)(C)C3)nccn2n1. The molecule has 0 unspecified atom stereocenters. The van der Waals surface area contributed by atoms with Crippen molar-refractivity contribution in [2.24, 2.45) is 5.92 Å². The first-order valence-electron chi connectivity index (χ1n) is 7.22. The van der Waals surface area contributed by atoms with E-state index in [0.29, 0.717) is 5.92 Å². The van der Waals surface area contributed by atoms with Gasteiger partial charge < -0.3 is 10.1 Å². The summed E-state index contributed by atoms with van der Waals surface area (Å²) in [5.41, 5.74) is 2.04. The second-order valence-electron chi connectivity index (χ2n) is 6.24. The largest absolute Gasteiger partial charge is 0.376 e. The average molecular weight is 274 g/mol. The minimum Gasteiger partial charge on any atom is -0.376 e. The van der Waals surface area contributed by atoms with E-state index in [2.05, 4.69) is 35.3 Å². The lowest BCUT2D eigenvalue weighted by Gasteiger charge is -2.35. The monoisotopic (exact) mass is 274 g/mol. The zero-order valence-electron chi connectivity index (χ0n) is 12.4. The van der Waals surface area contributed by atoms with Crippen molar-refractivity contribution in [2.75, 3.05) is 18.5 Å². The molecule has 2 aromatic rings. The molecule has 0 spiro atoms. The second kappa shape index (κ2) is 5.05. The fourth-order valence-corrected chi connectivity index (χ4v) is 2.95. The van der Waals surface area contributed by atoms with E-state index >= 15 is 0 Å². The maximum absolute atomic E-state index is 5.76. The summed E-state index contributed by atoms with van der Waals surface area (Å²) in [6, 6.07) is 2.06. The number of rotatable bonds is 3. The van der Waals surface area contributed by atoms with Crippen molar-refractivity contribution < 1.29 is 4.74 Å². The standard InChI is InChI=1S/C15H22N4O/c1-11-8-13-14(16-5-6-19(13)18-11)17-10-12-4-7-20-15(2,3)9-12/h5-6,8,12H,4,7,9-10H2,1-3H3,(H,16,17)/t12-/m0/s1. The molecule has 0 saturated carbocycles. The maximum Gasteiger partial charge on any atom is 0.152 e. The Bertz CT molecular complexity index is 605. The summed E-state index contributed by atoms with van der Waals surface area (Å²) >= 11 is 0. The molecule has 1 atom stereocenters. The number of nitrogens with one attached hydrogen (secondary N) is 1. The number of aryl methyl sites for hydroxylation is 1. The van der Waals surface area contributed by atoms with Crippen LogP contribution in [0.15, 0.2) is 18.5 Å². The molecule has 1 saturated heterocycles. The highest BCUT2D eigenvalue weighted by atomic mass is 16.5. The predicted molar refractivity (Wildman–Crippen MR) is 79.0 cm³/mol. The average Bonchev–Trinajstić information content (AvgIpc) is 2.76. The van der Waals surface area contributed by atoms with E-state index in [1.54, 1.807) is 6.20 Å². The van der Waals surface area contributed by atoms with Crippen LogP contribution in [0.5, 0.6) is 0 Å². The van der Waals surface area contributed by atoms with Gasteiger partial charge in [-0.15, -0.1) is 0 Å². The first kappa shape index (κ1) is 13.4. The van der Waals surface area contributed by atoms with E-state index in [4.69, 9.17) is 4.74 Å². The van der Waals surface area contributed by atoms with Crippen LogP contribution in [-0.2, 0) is 4.74 Å². The highest BCUT2D eigenvalue weighted by molar-refractivity contribution is 5.67. The molecule has 0 aliphatic carbocycles. The first-order chi connectivity index (χ1) is 9.53. The van der Waals surface area contributed by atoms with Gasteiger partial charge in [-0.05, 0) is 45.6 Å². The summed E-state index contributed by atoms with van der Waals surface area (Å²) in [5, 5.41) is 7.89. The number of anilines is 1. The number of nitrogens with zero attached hydrogens (tertiary/aromatic N) is 3. The van der Waals surface area contributed by atoms with Gasteiger partial charge >= 0.3 is 0 Å². The fraction of sp³-hybridized carbons (Fsp3) is 0.600. The third-order valence-corrected chi connectivity index (χ3v) is 3.87. The maximum atomic E-state index is 5.76. The molecule has 1 aliphatic heterocycles. The molecular weight excluding hydrogens is 252 g/mol. The predicted octanol–water partition coefficient (Wildman–Crippen LogP) is 2.65. The molecule has 5 heteroatoms. The number of hydrogen-bond donors (Lipinski definition) is 1. The van der Waals surface area contributed by atoms with Crippen molar-refractivity contribution in [1.29, 1.82) is 0 Å². The topological polar surface area (TPSA) is 51.5 Å². The van der Waals surface area contributed by atoms with Gasteiger partial charge in [-0.3, -0.25) is 0 Å². The highest BCUT2D eigenvalue weighted by Gasteiger charge is 2.28. The summed E-state index contributed by atoms with van der Waals surface area (Å²) in [6.07, 6.45) is 5.86. The van der Waals surface area contributed by atoms with Crippen molar-refractivity contribution in [3.63, 3.8) is 0 Å². The van der Waals surface area contributed by atoms with Crippen LogP contribution in [0.4, 0.5) is 5.82 Å². The van der Waals surface area contributed by atoms with Crippen LogP contribution in [0.25, 0.3) is 5.52 Å². The van der Waals surface area contributed by atoms with E-state index in [1.165, 1.54) is 0 Å².